The number of hydrogen-bond acceptors (Lipinski definition) is 1. The Kier molecular flexibility index (Phi) is 4.69. The molecule has 0 bridgehead atoms. The average Bonchev–Trinajstić information content (AvgIpc) is 2.24. The van der Waals surface area contributed by atoms with Crippen molar-refractivity contribution in [2.75, 3.05) is 21.1 Å². The van der Waals surface area contributed by atoms with Crippen molar-refractivity contribution in [1.82, 2.24) is 0 Å². The van der Waals surface area contributed by atoms with Crippen molar-refractivity contribution in [3.8, 4) is 0 Å². The zero-order valence-electron chi connectivity index (χ0n) is 10.9. The Labute approximate surface area is 99.2 Å². The molecule has 1 aromatic carbocycles. The molecule has 1 aromatic rings. The second kappa shape index (κ2) is 5.80. The van der Waals surface area contributed by atoms with E-state index < -0.39 is 0 Å². The van der Waals surface area contributed by atoms with Gasteiger partial charge in [-0.1, -0.05) is 42.4 Å². The molecule has 0 spiro atoms. The molecule has 88 valence electrons. The monoisotopic (exact) mass is 219 g/mol. The number of quaternary nitrogens is 1. The first-order chi connectivity index (χ1) is 7.51. The van der Waals surface area contributed by atoms with Gasteiger partial charge in [-0.15, -0.1) is 0 Å². The van der Waals surface area contributed by atoms with Crippen LogP contribution in [-0.2, 0) is 6.42 Å². The van der Waals surface area contributed by atoms with E-state index in [9.17, 15) is 0 Å². The van der Waals surface area contributed by atoms with Gasteiger partial charge in [0.15, 0.2) is 0 Å². The molecular formula is C14H23N2+. The summed E-state index contributed by atoms with van der Waals surface area (Å²) in [5, 5.41) is 4.54. The van der Waals surface area contributed by atoms with Crippen LogP contribution in [0.5, 0.6) is 0 Å². The highest BCUT2D eigenvalue weighted by Crippen LogP contribution is 2.10. The van der Waals surface area contributed by atoms with Crippen molar-refractivity contribution in [2.45, 2.75) is 19.8 Å². The minimum atomic E-state index is 0.541. The summed E-state index contributed by atoms with van der Waals surface area (Å²) < 4.78 is 0.644. The third-order valence-electron chi connectivity index (χ3n) is 2.49. The van der Waals surface area contributed by atoms with E-state index in [1.54, 1.807) is 0 Å². The molecule has 0 amide bonds. The summed E-state index contributed by atoms with van der Waals surface area (Å²) in [7, 11) is 6.23. The predicted molar refractivity (Wildman–Crippen MR) is 70.5 cm³/mol. The van der Waals surface area contributed by atoms with E-state index in [0.717, 1.165) is 12.8 Å². The molecule has 0 aromatic heterocycles. The van der Waals surface area contributed by atoms with Gasteiger partial charge < -0.3 is 0 Å². The van der Waals surface area contributed by atoms with Gasteiger partial charge in [0.1, 0.15) is 0 Å². The smallest absolute Gasteiger partial charge is 0.0923 e. The lowest BCUT2D eigenvalue weighted by molar-refractivity contribution is -0.876. The summed E-state index contributed by atoms with van der Waals surface area (Å²) in [5.41, 5.74) is 1.39. The molecule has 0 saturated heterocycles. The fourth-order valence-electron chi connectivity index (χ4n) is 1.51. The molecule has 0 aliphatic carbocycles. The van der Waals surface area contributed by atoms with Gasteiger partial charge in [-0.3, -0.25) is 0 Å². The molecule has 1 rings (SSSR count). The van der Waals surface area contributed by atoms with Gasteiger partial charge in [-0.2, -0.15) is 0 Å². The SMILES string of the molecule is CCC(/C=N/[N+](C)(C)C)Cc1ccccc1. The van der Waals surface area contributed by atoms with Crippen LogP contribution in [0.2, 0.25) is 0 Å². The van der Waals surface area contributed by atoms with Gasteiger partial charge in [0, 0.05) is 5.92 Å². The molecule has 0 fully saturated rings. The van der Waals surface area contributed by atoms with E-state index in [2.05, 4.69) is 69.7 Å². The maximum atomic E-state index is 4.54. The number of benzene rings is 1. The quantitative estimate of drug-likeness (QED) is 0.410. The lowest BCUT2D eigenvalue weighted by Crippen LogP contribution is -2.28. The van der Waals surface area contributed by atoms with E-state index in [4.69, 9.17) is 0 Å². The maximum Gasteiger partial charge on any atom is 0.0923 e. The van der Waals surface area contributed by atoms with Gasteiger partial charge in [0.25, 0.3) is 0 Å². The molecule has 0 aliphatic rings. The fraction of sp³-hybridized carbons (Fsp3) is 0.500. The zero-order chi connectivity index (χ0) is 12.0. The number of rotatable bonds is 5. The summed E-state index contributed by atoms with van der Waals surface area (Å²) in [6.45, 7) is 2.22. The Morgan fingerprint density at radius 3 is 2.31 bits per heavy atom. The predicted octanol–water partition coefficient (Wildman–Crippen LogP) is 2.95. The van der Waals surface area contributed by atoms with Crippen LogP contribution in [0.15, 0.2) is 35.4 Å². The molecule has 2 nitrogen and oxygen atoms in total. The Balaban J connectivity index is 2.60. The summed E-state index contributed by atoms with van der Waals surface area (Å²) in [6.07, 6.45) is 4.33. The maximum absolute atomic E-state index is 4.54. The summed E-state index contributed by atoms with van der Waals surface area (Å²) >= 11 is 0. The van der Waals surface area contributed by atoms with Crippen LogP contribution in [0.4, 0.5) is 0 Å². The lowest BCUT2D eigenvalue weighted by atomic mass is 9.98. The Hall–Kier alpha value is -1.15. The average molecular weight is 219 g/mol. The van der Waals surface area contributed by atoms with E-state index >= 15 is 0 Å². The summed E-state index contributed by atoms with van der Waals surface area (Å²) in [6, 6.07) is 10.6. The number of nitrogens with zero attached hydrogens (tertiary/aromatic N) is 2. The molecule has 2 heteroatoms. The van der Waals surface area contributed by atoms with E-state index in [1.165, 1.54) is 5.56 Å². The summed E-state index contributed by atoms with van der Waals surface area (Å²) in [4.78, 5) is 0. The van der Waals surface area contributed by atoms with Crippen LogP contribution in [0, 0.1) is 5.92 Å². The molecule has 0 saturated carbocycles. The fourth-order valence-corrected chi connectivity index (χ4v) is 1.51. The molecular weight excluding hydrogens is 196 g/mol. The molecule has 0 radical (unpaired) electrons. The first-order valence-corrected chi connectivity index (χ1v) is 5.92. The minimum Gasteiger partial charge on any atom is -0.205 e. The standard InChI is InChI=1S/C14H23N2/c1-5-13(12-15-16(2,3)4)11-14-9-7-6-8-10-14/h6-10,12-13H,5,11H2,1-4H3/q+1/b15-12+. The molecule has 0 heterocycles. The van der Waals surface area contributed by atoms with Crippen molar-refractivity contribution in [1.29, 1.82) is 0 Å². The van der Waals surface area contributed by atoms with E-state index in [-0.39, 0.29) is 0 Å². The third-order valence-corrected chi connectivity index (χ3v) is 2.49. The van der Waals surface area contributed by atoms with Crippen molar-refractivity contribution < 1.29 is 4.59 Å². The van der Waals surface area contributed by atoms with Gasteiger partial charge in [0.05, 0.1) is 27.4 Å². The Bertz CT molecular complexity index is 322. The molecule has 1 atom stereocenters. The Morgan fingerprint density at radius 2 is 1.81 bits per heavy atom. The third kappa shape index (κ3) is 5.08. The first-order valence-electron chi connectivity index (χ1n) is 5.92. The normalized spacial score (nSPS) is 14.2. The lowest BCUT2D eigenvalue weighted by Gasteiger charge is -2.16. The van der Waals surface area contributed by atoms with Crippen molar-refractivity contribution in [3.63, 3.8) is 0 Å². The highest BCUT2D eigenvalue weighted by Gasteiger charge is 2.08. The number of hydrogen-bond donors (Lipinski definition) is 0. The molecule has 0 aliphatic heterocycles. The minimum absolute atomic E-state index is 0.541. The van der Waals surface area contributed by atoms with Crippen LogP contribution in [0.1, 0.15) is 18.9 Å². The highest BCUT2D eigenvalue weighted by molar-refractivity contribution is 5.60. The molecule has 0 N–H and O–H groups in total. The Morgan fingerprint density at radius 1 is 1.19 bits per heavy atom. The van der Waals surface area contributed by atoms with Crippen molar-refractivity contribution >= 4 is 6.21 Å². The van der Waals surface area contributed by atoms with Gasteiger partial charge in [-0.05, 0) is 18.4 Å². The molecule has 16 heavy (non-hydrogen) atoms. The highest BCUT2D eigenvalue weighted by atomic mass is 15.6. The van der Waals surface area contributed by atoms with Gasteiger partial charge in [0.2, 0.25) is 0 Å². The topological polar surface area (TPSA) is 12.4 Å². The van der Waals surface area contributed by atoms with E-state index in [1.807, 2.05) is 0 Å². The van der Waals surface area contributed by atoms with Crippen LogP contribution in [0.25, 0.3) is 0 Å². The first kappa shape index (κ1) is 12.9. The van der Waals surface area contributed by atoms with Crippen LogP contribution in [-0.4, -0.2) is 31.9 Å². The van der Waals surface area contributed by atoms with Crippen LogP contribution < -0.4 is 0 Å². The van der Waals surface area contributed by atoms with Crippen LogP contribution in [0.3, 0.4) is 0 Å². The summed E-state index contributed by atoms with van der Waals surface area (Å²) in [5.74, 6) is 0.541. The van der Waals surface area contributed by atoms with E-state index in [0.29, 0.717) is 10.5 Å². The second-order valence-corrected chi connectivity index (χ2v) is 5.06. The van der Waals surface area contributed by atoms with Crippen molar-refractivity contribution in [3.05, 3.63) is 35.9 Å². The zero-order valence-corrected chi connectivity index (χ0v) is 10.9. The largest absolute Gasteiger partial charge is 0.205 e. The second-order valence-electron chi connectivity index (χ2n) is 5.06. The van der Waals surface area contributed by atoms with Crippen LogP contribution >= 0.6 is 0 Å². The van der Waals surface area contributed by atoms with Crippen molar-refractivity contribution in [2.24, 2.45) is 11.0 Å². The molecule has 1 unspecified atom stereocenters. The van der Waals surface area contributed by atoms with Gasteiger partial charge in [-0.25, -0.2) is 4.59 Å². The van der Waals surface area contributed by atoms with Gasteiger partial charge >= 0.3 is 0 Å².